The van der Waals surface area contributed by atoms with Crippen LogP contribution in [0, 0.1) is 5.92 Å². The van der Waals surface area contributed by atoms with Crippen molar-refractivity contribution in [1.29, 1.82) is 0 Å². The smallest absolute Gasteiger partial charge is 0.320 e. The van der Waals surface area contributed by atoms with Crippen molar-refractivity contribution >= 4 is 11.8 Å². The van der Waals surface area contributed by atoms with Crippen molar-refractivity contribution in [3.63, 3.8) is 0 Å². The van der Waals surface area contributed by atoms with E-state index in [1.54, 1.807) is 0 Å². The molecule has 0 aromatic heterocycles. The van der Waals surface area contributed by atoms with Gasteiger partial charge in [-0.05, 0) is 12.8 Å². The molecule has 0 aromatic carbocycles. The molecule has 0 N–H and O–H groups in total. The van der Waals surface area contributed by atoms with Crippen molar-refractivity contribution in [2.75, 3.05) is 6.61 Å². The quantitative estimate of drug-likeness (QED) is 0.269. The van der Waals surface area contributed by atoms with Gasteiger partial charge in [0.25, 0.3) is 0 Å². The first-order chi connectivity index (χ1) is 7.17. The average molecular weight is 212 g/mol. The van der Waals surface area contributed by atoms with E-state index in [0.29, 0.717) is 13.0 Å². The first kappa shape index (κ1) is 13.9. The minimum Gasteiger partial charge on any atom is -0.465 e. The number of Topliss-reactive ketones (excluding diaryl/α,β-unsaturated/α-hetero) is 1. The van der Waals surface area contributed by atoms with E-state index >= 15 is 0 Å². The van der Waals surface area contributed by atoms with Gasteiger partial charge in [0.1, 0.15) is 5.92 Å². The fourth-order valence-electron chi connectivity index (χ4n) is 1.17. The van der Waals surface area contributed by atoms with Crippen molar-refractivity contribution < 1.29 is 14.3 Å². The number of rotatable bonds is 8. The average Bonchev–Trinajstić information content (AvgIpc) is 2.19. The Morgan fingerprint density at radius 2 is 2.00 bits per heavy atom. The number of carbonyl (C=O) groups excluding carboxylic acids is 2. The fourth-order valence-corrected chi connectivity index (χ4v) is 1.17. The molecule has 0 aliphatic carbocycles. The first-order valence-electron chi connectivity index (χ1n) is 5.49. The number of carbonyl (C=O) groups is 2. The topological polar surface area (TPSA) is 43.4 Å². The molecule has 0 aromatic rings. The van der Waals surface area contributed by atoms with E-state index in [4.69, 9.17) is 4.74 Å². The second-order valence-electron chi connectivity index (χ2n) is 3.45. The molecule has 0 saturated carbocycles. The highest BCUT2D eigenvalue weighted by Crippen LogP contribution is 2.08. The second-order valence-corrected chi connectivity index (χ2v) is 3.45. The minimum atomic E-state index is -0.776. The zero-order valence-electron chi connectivity index (χ0n) is 9.62. The summed E-state index contributed by atoms with van der Waals surface area (Å²) >= 11 is 0. The molecule has 0 bridgehead atoms. The SMILES string of the molecule is C=CC(C(=O)CCC)C(=O)OCCCC. The van der Waals surface area contributed by atoms with Gasteiger partial charge >= 0.3 is 5.97 Å². The highest BCUT2D eigenvalue weighted by Gasteiger charge is 2.23. The van der Waals surface area contributed by atoms with Gasteiger partial charge in [0.05, 0.1) is 6.61 Å². The van der Waals surface area contributed by atoms with E-state index in [-0.39, 0.29) is 5.78 Å². The number of unbranched alkanes of at least 4 members (excludes halogenated alkanes) is 1. The van der Waals surface area contributed by atoms with Gasteiger partial charge < -0.3 is 4.74 Å². The van der Waals surface area contributed by atoms with Crippen LogP contribution in [0.4, 0.5) is 0 Å². The highest BCUT2D eigenvalue weighted by molar-refractivity contribution is 6.00. The highest BCUT2D eigenvalue weighted by atomic mass is 16.5. The van der Waals surface area contributed by atoms with Gasteiger partial charge in [-0.1, -0.05) is 26.3 Å². The molecule has 0 rings (SSSR count). The number of ketones is 1. The molecule has 0 aliphatic rings. The molecule has 0 aliphatic heterocycles. The largest absolute Gasteiger partial charge is 0.465 e. The molecule has 3 heteroatoms. The van der Waals surface area contributed by atoms with Gasteiger partial charge in [-0.25, -0.2) is 0 Å². The summed E-state index contributed by atoms with van der Waals surface area (Å²) in [6, 6.07) is 0. The zero-order valence-corrected chi connectivity index (χ0v) is 9.62. The summed E-state index contributed by atoms with van der Waals surface area (Å²) in [7, 11) is 0. The number of hydrogen-bond donors (Lipinski definition) is 0. The van der Waals surface area contributed by atoms with Gasteiger partial charge in [0.15, 0.2) is 5.78 Å². The van der Waals surface area contributed by atoms with Crippen LogP contribution in [0.25, 0.3) is 0 Å². The van der Waals surface area contributed by atoms with E-state index in [0.717, 1.165) is 19.3 Å². The third-order valence-electron chi connectivity index (χ3n) is 2.08. The summed E-state index contributed by atoms with van der Waals surface area (Å²) in [6.07, 6.45) is 4.31. The Kier molecular flexibility index (Phi) is 7.60. The molecule has 1 atom stereocenters. The molecular weight excluding hydrogens is 192 g/mol. The lowest BCUT2D eigenvalue weighted by Crippen LogP contribution is -2.24. The summed E-state index contributed by atoms with van der Waals surface area (Å²) in [5, 5.41) is 0. The number of ether oxygens (including phenoxy) is 1. The Bertz CT molecular complexity index is 221. The normalized spacial score (nSPS) is 11.9. The van der Waals surface area contributed by atoms with Crippen LogP contribution >= 0.6 is 0 Å². The Labute approximate surface area is 91.5 Å². The Morgan fingerprint density at radius 1 is 1.33 bits per heavy atom. The van der Waals surface area contributed by atoms with Crippen molar-refractivity contribution in [3.05, 3.63) is 12.7 Å². The van der Waals surface area contributed by atoms with Crippen LogP contribution in [0.1, 0.15) is 39.5 Å². The summed E-state index contributed by atoms with van der Waals surface area (Å²) in [4.78, 5) is 22.9. The molecule has 3 nitrogen and oxygen atoms in total. The lowest BCUT2D eigenvalue weighted by molar-refractivity contribution is -0.150. The molecule has 15 heavy (non-hydrogen) atoms. The molecular formula is C12H20O3. The van der Waals surface area contributed by atoms with Gasteiger partial charge in [0, 0.05) is 6.42 Å². The van der Waals surface area contributed by atoms with Gasteiger partial charge in [-0.2, -0.15) is 0 Å². The monoisotopic (exact) mass is 212 g/mol. The second kappa shape index (κ2) is 8.21. The van der Waals surface area contributed by atoms with Gasteiger partial charge in [-0.3, -0.25) is 9.59 Å². The lowest BCUT2D eigenvalue weighted by atomic mass is 10.0. The Hall–Kier alpha value is -1.12. The van der Waals surface area contributed by atoms with Crippen LogP contribution in [0.3, 0.4) is 0 Å². The summed E-state index contributed by atoms with van der Waals surface area (Å²) in [6.45, 7) is 7.80. The predicted octanol–water partition coefficient (Wildman–Crippen LogP) is 2.50. The van der Waals surface area contributed by atoms with E-state index in [9.17, 15) is 9.59 Å². The Balaban J connectivity index is 4.09. The molecule has 0 saturated heterocycles. The van der Waals surface area contributed by atoms with Gasteiger partial charge in [-0.15, -0.1) is 6.58 Å². The van der Waals surface area contributed by atoms with E-state index in [1.807, 2.05) is 13.8 Å². The number of esters is 1. The van der Waals surface area contributed by atoms with Crippen molar-refractivity contribution in [2.24, 2.45) is 5.92 Å². The fraction of sp³-hybridized carbons (Fsp3) is 0.667. The van der Waals surface area contributed by atoms with Crippen LogP contribution in [0.5, 0.6) is 0 Å². The van der Waals surface area contributed by atoms with Crippen molar-refractivity contribution in [2.45, 2.75) is 39.5 Å². The molecule has 0 heterocycles. The summed E-state index contributed by atoms with van der Waals surface area (Å²) in [5.41, 5.74) is 0. The van der Waals surface area contributed by atoms with E-state index in [1.165, 1.54) is 6.08 Å². The van der Waals surface area contributed by atoms with Crippen LogP contribution in [-0.4, -0.2) is 18.4 Å². The zero-order chi connectivity index (χ0) is 11.7. The third-order valence-corrected chi connectivity index (χ3v) is 2.08. The van der Waals surface area contributed by atoms with Crippen LogP contribution in [0.2, 0.25) is 0 Å². The standard InChI is InChI=1S/C12H20O3/c1-4-7-9-15-12(14)10(6-3)11(13)8-5-2/h6,10H,3-5,7-9H2,1-2H3. The Morgan fingerprint density at radius 3 is 2.47 bits per heavy atom. The maximum atomic E-state index is 11.5. The lowest BCUT2D eigenvalue weighted by Gasteiger charge is -2.10. The maximum absolute atomic E-state index is 11.5. The molecule has 0 spiro atoms. The summed E-state index contributed by atoms with van der Waals surface area (Å²) in [5.74, 6) is -1.34. The van der Waals surface area contributed by atoms with Crippen LogP contribution in [0.15, 0.2) is 12.7 Å². The molecule has 0 amide bonds. The summed E-state index contributed by atoms with van der Waals surface area (Å²) < 4.78 is 4.97. The van der Waals surface area contributed by atoms with Crippen LogP contribution < -0.4 is 0 Å². The van der Waals surface area contributed by atoms with E-state index in [2.05, 4.69) is 6.58 Å². The van der Waals surface area contributed by atoms with Gasteiger partial charge in [0.2, 0.25) is 0 Å². The van der Waals surface area contributed by atoms with E-state index < -0.39 is 11.9 Å². The number of hydrogen-bond acceptors (Lipinski definition) is 3. The van der Waals surface area contributed by atoms with Crippen molar-refractivity contribution in [1.82, 2.24) is 0 Å². The molecule has 0 radical (unpaired) electrons. The predicted molar refractivity (Wildman–Crippen MR) is 59.5 cm³/mol. The molecule has 86 valence electrons. The maximum Gasteiger partial charge on any atom is 0.320 e. The molecule has 1 unspecified atom stereocenters. The molecule has 0 fully saturated rings. The van der Waals surface area contributed by atoms with Crippen LogP contribution in [-0.2, 0) is 14.3 Å². The first-order valence-corrected chi connectivity index (χ1v) is 5.49. The van der Waals surface area contributed by atoms with Crippen molar-refractivity contribution in [3.8, 4) is 0 Å². The third kappa shape index (κ3) is 5.35. The minimum absolute atomic E-state index is 0.103.